The van der Waals surface area contributed by atoms with Crippen molar-refractivity contribution in [3.63, 3.8) is 0 Å². The van der Waals surface area contributed by atoms with Gasteiger partial charge in [-0.1, -0.05) is 6.07 Å². The SMILES string of the molecule is Cc1nc(CN(C)[C@H]2CCCc3cccnc32)cc(N2CCN(C(=O)OC(C)(C)C)C[C@H]2C)n1. The van der Waals surface area contributed by atoms with Crippen molar-refractivity contribution in [2.75, 3.05) is 31.6 Å². The summed E-state index contributed by atoms with van der Waals surface area (Å²) in [5.74, 6) is 1.69. The number of fused-ring (bicyclic) bond motifs is 1. The lowest BCUT2D eigenvalue weighted by molar-refractivity contribution is 0.0218. The fourth-order valence-electron chi connectivity index (χ4n) is 5.01. The van der Waals surface area contributed by atoms with Crippen molar-refractivity contribution in [1.29, 1.82) is 0 Å². The zero-order valence-corrected chi connectivity index (χ0v) is 21.4. The fraction of sp³-hybridized carbons (Fsp3) is 0.615. The van der Waals surface area contributed by atoms with Crippen LogP contribution in [0.5, 0.6) is 0 Å². The zero-order chi connectivity index (χ0) is 24.5. The highest BCUT2D eigenvalue weighted by Gasteiger charge is 2.31. The molecule has 0 bridgehead atoms. The van der Waals surface area contributed by atoms with Gasteiger partial charge in [-0.2, -0.15) is 0 Å². The maximum Gasteiger partial charge on any atom is 0.410 e. The van der Waals surface area contributed by atoms with E-state index in [1.807, 2.05) is 40.0 Å². The summed E-state index contributed by atoms with van der Waals surface area (Å²) < 4.78 is 5.56. The summed E-state index contributed by atoms with van der Waals surface area (Å²) in [6, 6.07) is 6.78. The number of carbonyl (C=O) groups is 1. The zero-order valence-electron chi connectivity index (χ0n) is 21.4. The molecule has 8 heteroatoms. The van der Waals surface area contributed by atoms with Crippen LogP contribution in [-0.2, 0) is 17.7 Å². The molecule has 2 atom stereocenters. The van der Waals surface area contributed by atoms with Gasteiger partial charge in [0.2, 0.25) is 0 Å². The van der Waals surface area contributed by atoms with Gasteiger partial charge >= 0.3 is 6.09 Å². The van der Waals surface area contributed by atoms with Crippen LogP contribution in [0.15, 0.2) is 24.4 Å². The van der Waals surface area contributed by atoms with Crippen LogP contribution in [0, 0.1) is 6.92 Å². The minimum absolute atomic E-state index is 0.135. The number of carbonyl (C=O) groups excluding carboxylic acids is 1. The lowest BCUT2D eigenvalue weighted by atomic mass is 9.91. The maximum atomic E-state index is 12.5. The van der Waals surface area contributed by atoms with Crippen molar-refractivity contribution in [1.82, 2.24) is 24.8 Å². The molecule has 1 aliphatic heterocycles. The summed E-state index contributed by atoms with van der Waals surface area (Å²) in [5, 5.41) is 0. The van der Waals surface area contributed by atoms with Gasteiger partial charge in [0.15, 0.2) is 0 Å². The Morgan fingerprint density at radius 2 is 2.06 bits per heavy atom. The normalized spacial score (nSPS) is 20.9. The first-order valence-corrected chi connectivity index (χ1v) is 12.3. The highest BCUT2D eigenvalue weighted by Crippen LogP contribution is 2.33. The molecule has 1 aliphatic carbocycles. The summed E-state index contributed by atoms with van der Waals surface area (Å²) in [6.07, 6.45) is 5.05. The topological polar surface area (TPSA) is 74.7 Å². The van der Waals surface area contributed by atoms with Crippen LogP contribution in [0.25, 0.3) is 0 Å². The Labute approximate surface area is 203 Å². The monoisotopic (exact) mass is 466 g/mol. The van der Waals surface area contributed by atoms with Gasteiger partial charge in [-0.3, -0.25) is 9.88 Å². The molecule has 0 spiro atoms. The van der Waals surface area contributed by atoms with Gasteiger partial charge < -0.3 is 14.5 Å². The molecular formula is C26H38N6O2. The molecule has 0 N–H and O–H groups in total. The first kappa shape index (κ1) is 24.4. The molecule has 0 unspecified atom stereocenters. The smallest absolute Gasteiger partial charge is 0.410 e. The van der Waals surface area contributed by atoms with Gasteiger partial charge in [0.25, 0.3) is 0 Å². The minimum atomic E-state index is -0.490. The number of aryl methyl sites for hydroxylation is 2. The first-order valence-electron chi connectivity index (χ1n) is 12.3. The van der Waals surface area contributed by atoms with E-state index in [2.05, 4.69) is 35.9 Å². The molecule has 2 aliphatic rings. The molecule has 2 aromatic heterocycles. The van der Waals surface area contributed by atoms with Gasteiger partial charge in [0, 0.05) is 44.5 Å². The number of anilines is 1. The first-order chi connectivity index (χ1) is 16.1. The number of rotatable bonds is 4. The molecule has 0 saturated carbocycles. The third kappa shape index (κ3) is 5.66. The van der Waals surface area contributed by atoms with E-state index in [1.165, 1.54) is 17.7 Å². The second-order valence-electron chi connectivity index (χ2n) is 10.6. The van der Waals surface area contributed by atoms with Crippen molar-refractivity contribution in [2.45, 2.75) is 78.1 Å². The Hall–Kier alpha value is -2.74. The number of piperazine rings is 1. The molecule has 8 nitrogen and oxygen atoms in total. The molecule has 1 amide bonds. The van der Waals surface area contributed by atoms with Crippen molar-refractivity contribution in [3.8, 4) is 0 Å². The predicted molar refractivity (Wildman–Crippen MR) is 133 cm³/mol. The van der Waals surface area contributed by atoms with E-state index in [0.717, 1.165) is 36.7 Å². The van der Waals surface area contributed by atoms with Crippen LogP contribution in [0.1, 0.15) is 69.4 Å². The molecule has 4 rings (SSSR count). The Balaban J connectivity index is 1.45. The highest BCUT2D eigenvalue weighted by molar-refractivity contribution is 5.68. The average Bonchev–Trinajstić information content (AvgIpc) is 2.77. The molecule has 1 fully saturated rings. The van der Waals surface area contributed by atoms with Crippen molar-refractivity contribution in [3.05, 3.63) is 47.2 Å². The van der Waals surface area contributed by atoms with E-state index in [-0.39, 0.29) is 12.1 Å². The van der Waals surface area contributed by atoms with E-state index in [0.29, 0.717) is 25.7 Å². The standard InChI is InChI=1S/C26H38N6O2/c1-18-16-31(25(33)34-26(3,4)5)13-14-32(18)23-15-21(28-19(2)29-23)17-30(6)22-11-7-9-20-10-8-12-27-24(20)22/h8,10,12,15,18,22H,7,9,11,13-14,16-17H2,1-6H3/t18-,22+/m1/s1. The number of hydrogen-bond donors (Lipinski definition) is 0. The summed E-state index contributed by atoms with van der Waals surface area (Å²) in [6.45, 7) is 12.4. The van der Waals surface area contributed by atoms with Crippen molar-refractivity contribution < 1.29 is 9.53 Å². The lowest BCUT2D eigenvalue weighted by Crippen LogP contribution is -2.54. The van der Waals surface area contributed by atoms with Crippen LogP contribution in [0.2, 0.25) is 0 Å². The third-order valence-corrected chi connectivity index (χ3v) is 6.56. The molecule has 0 aromatic carbocycles. The second kappa shape index (κ2) is 9.86. The Morgan fingerprint density at radius 1 is 1.26 bits per heavy atom. The van der Waals surface area contributed by atoms with E-state index in [4.69, 9.17) is 19.7 Å². The van der Waals surface area contributed by atoms with Crippen LogP contribution in [0.3, 0.4) is 0 Å². The van der Waals surface area contributed by atoms with Crippen molar-refractivity contribution >= 4 is 11.9 Å². The van der Waals surface area contributed by atoms with Crippen molar-refractivity contribution in [2.24, 2.45) is 0 Å². The van der Waals surface area contributed by atoms with Crippen LogP contribution in [0.4, 0.5) is 10.6 Å². The maximum absolute atomic E-state index is 12.5. The number of aromatic nitrogens is 3. The fourth-order valence-corrected chi connectivity index (χ4v) is 5.01. The average molecular weight is 467 g/mol. The summed E-state index contributed by atoms with van der Waals surface area (Å²) in [7, 11) is 2.16. The van der Waals surface area contributed by atoms with Gasteiger partial charge in [0.05, 0.1) is 17.4 Å². The highest BCUT2D eigenvalue weighted by atomic mass is 16.6. The quantitative estimate of drug-likeness (QED) is 0.670. The molecule has 34 heavy (non-hydrogen) atoms. The van der Waals surface area contributed by atoms with Crippen LogP contribution in [-0.4, -0.2) is 69.2 Å². The molecule has 184 valence electrons. The van der Waals surface area contributed by atoms with E-state index in [9.17, 15) is 4.79 Å². The van der Waals surface area contributed by atoms with E-state index >= 15 is 0 Å². The van der Waals surface area contributed by atoms with Gasteiger partial charge in [-0.05, 0) is 72.6 Å². The van der Waals surface area contributed by atoms with E-state index in [1.54, 1.807) is 4.90 Å². The summed E-state index contributed by atoms with van der Waals surface area (Å²) >= 11 is 0. The van der Waals surface area contributed by atoms with Gasteiger partial charge in [0.1, 0.15) is 17.2 Å². The number of pyridine rings is 1. The third-order valence-electron chi connectivity index (χ3n) is 6.56. The molecule has 0 radical (unpaired) electrons. The second-order valence-corrected chi connectivity index (χ2v) is 10.6. The molecule has 2 aromatic rings. The summed E-state index contributed by atoms with van der Waals surface area (Å²) in [4.78, 5) is 33.1. The van der Waals surface area contributed by atoms with E-state index < -0.39 is 5.60 Å². The van der Waals surface area contributed by atoms with Crippen LogP contribution >= 0.6 is 0 Å². The number of hydrogen-bond acceptors (Lipinski definition) is 7. The summed E-state index contributed by atoms with van der Waals surface area (Å²) in [5.41, 5.74) is 3.09. The number of amides is 1. The number of ether oxygens (including phenoxy) is 1. The van der Waals surface area contributed by atoms with Gasteiger partial charge in [-0.15, -0.1) is 0 Å². The minimum Gasteiger partial charge on any atom is -0.444 e. The largest absolute Gasteiger partial charge is 0.444 e. The van der Waals surface area contributed by atoms with Crippen LogP contribution < -0.4 is 4.90 Å². The Morgan fingerprint density at radius 3 is 2.79 bits per heavy atom. The lowest BCUT2D eigenvalue weighted by Gasteiger charge is -2.41. The number of nitrogens with zero attached hydrogens (tertiary/aromatic N) is 6. The Kier molecular flexibility index (Phi) is 7.07. The molecule has 3 heterocycles. The predicted octanol–water partition coefficient (Wildman–Crippen LogP) is 4.14. The Bertz CT molecular complexity index is 1020. The molecule has 1 saturated heterocycles. The molecular weight excluding hydrogens is 428 g/mol. The van der Waals surface area contributed by atoms with Gasteiger partial charge in [-0.25, -0.2) is 14.8 Å².